The zero-order valence-electron chi connectivity index (χ0n) is 13.9. The Bertz CT molecular complexity index is 764. The first kappa shape index (κ1) is 19.2. The van der Waals surface area contributed by atoms with Gasteiger partial charge in [0.15, 0.2) is 28.8 Å². The molecule has 0 radical (unpaired) electrons. The van der Waals surface area contributed by atoms with E-state index in [-0.39, 0.29) is 22.6 Å². The molecule has 2 aromatic rings. The van der Waals surface area contributed by atoms with E-state index in [4.69, 9.17) is 9.47 Å². The van der Waals surface area contributed by atoms with Crippen LogP contribution in [-0.4, -0.2) is 50.6 Å². The number of benzene rings is 2. The molecule has 0 aliphatic carbocycles. The zero-order chi connectivity index (χ0) is 19.6. The average Bonchev–Trinajstić information content (AvgIpc) is 2.58. The molecule has 0 amide bonds. The van der Waals surface area contributed by atoms with Crippen molar-refractivity contribution in [2.75, 3.05) is 14.2 Å². The molecule has 0 aliphatic rings. The third-order valence-corrected chi connectivity index (χ3v) is 3.70. The van der Waals surface area contributed by atoms with Crippen LogP contribution in [0.25, 0.3) is 0 Å². The van der Waals surface area contributed by atoms with Crippen molar-refractivity contribution in [3.8, 4) is 34.5 Å². The number of phenols is 4. The number of ether oxygens (including phenoxy) is 2. The van der Waals surface area contributed by atoms with Gasteiger partial charge in [0.2, 0.25) is 0 Å². The number of phenolic OH excluding ortho intramolecular Hbond substituents is 4. The standard InChI is InChI=1S/C17H18O9/c1-25-16-9(3-7(18)5-11(16)20)13(22)15(24)14(23)10-4-8(19)6-12(21)17(10)26-2/h3-6,13-14,18-23H,1-2H3. The topological polar surface area (TPSA) is 157 Å². The molecule has 26 heavy (non-hydrogen) atoms. The van der Waals surface area contributed by atoms with Crippen LogP contribution in [0.1, 0.15) is 23.3 Å². The molecule has 2 aromatic carbocycles. The predicted octanol–water partition coefficient (Wildman–Crippen LogP) is 0.862. The van der Waals surface area contributed by atoms with Gasteiger partial charge in [-0.05, 0) is 12.1 Å². The summed E-state index contributed by atoms with van der Waals surface area (Å²) in [5.74, 6) is -3.60. The summed E-state index contributed by atoms with van der Waals surface area (Å²) in [4.78, 5) is 12.5. The molecule has 0 heterocycles. The molecule has 2 unspecified atom stereocenters. The third-order valence-electron chi connectivity index (χ3n) is 3.70. The lowest BCUT2D eigenvalue weighted by molar-refractivity contribution is -0.136. The smallest absolute Gasteiger partial charge is 0.198 e. The number of hydrogen-bond acceptors (Lipinski definition) is 9. The highest BCUT2D eigenvalue weighted by Gasteiger charge is 2.32. The maximum Gasteiger partial charge on any atom is 0.198 e. The van der Waals surface area contributed by atoms with Crippen molar-refractivity contribution in [2.24, 2.45) is 0 Å². The first-order chi connectivity index (χ1) is 12.2. The molecule has 9 nitrogen and oxygen atoms in total. The van der Waals surface area contributed by atoms with E-state index in [1.807, 2.05) is 0 Å². The van der Waals surface area contributed by atoms with E-state index in [0.717, 1.165) is 24.3 Å². The van der Waals surface area contributed by atoms with E-state index in [0.29, 0.717) is 0 Å². The molecule has 0 saturated heterocycles. The molecule has 0 aliphatic heterocycles. The van der Waals surface area contributed by atoms with Gasteiger partial charge in [-0.1, -0.05) is 0 Å². The maximum atomic E-state index is 12.5. The van der Waals surface area contributed by atoms with Gasteiger partial charge in [0.25, 0.3) is 0 Å². The van der Waals surface area contributed by atoms with Crippen molar-refractivity contribution in [1.29, 1.82) is 0 Å². The quantitative estimate of drug-likeness (QED) is 0.436. The first-order valence-electron chi connectivity index (χ1n) is 7.30. The number of carbonyl (C=O) groups is 1. The summed E-state index contributed by atoms with van der Waals surface area (Å²) in [6.07, 6.45) is -3.99. The first-order valence-corrected chi connectivity index (χ1v) is 7.30. The van der Waals surface area contributed by atoms with E-state index in [1.54, 1.807) is 0 Å². The molecule has 0 aromatic heterocycles. The van der Waals surface area contributed by atoms with Crippen LogP contribution in [0.15, 0.2) is 24.3 Å². The van der Waals surface area contributed by atoms with Crippen LogP contribution < -0.4 is 9.47 Å². The van der Waals surface area contributed by atoms with Gasteiger partial charge in [0, 0.05) is 23.3 Å². The third kappa shape index (κ3) is 3.44. The fourth-order valence-electron chi connectivity index (χ4n) is 2.55. The minimum Gasteiger partial charge on any atom is -0.508 e. The summed E-state index contributed by atoms with van der Waals surface area (Å²) in [7, 11) is 2.36. The number of aliphatic hydroxyl groups is 2. The Morgan fingerprint density at radius 2 is 1.12 bits per heavy atom. The molecule has 0 saturated carbocycles. The molecule has 0 bridgehead atoms. The minimum atomic E-state index is -1.99. The number of ketones is 1. The van der Waals surface area contributed by atoms with Crippen molar-refractivity contribution in [2.45, 2.75) is 12.2 Å². The average molecular weight is 366 g/mol. The van der Waals surface area contributed by atoms with Gasteiger partial charge in [-0.3, -0.25) is 4.79 Å². The van der Waals surface area contributed by atoms with Crippen LogP contribution >= 0.6 is 0 Å². The number of rotatable bonds is 6. The molecule has 6 N–H and O–H groups in total. The van der Waals surface area contributed by atoms with Gasteiger partial charge in [0.1, 0.15) is 23.7 Å². The molecular formula is C17H18O9. The Morgan fingerprint density at radius 3 is 1.42 bits per heavy atom. The predicted molar refractivity (Wildman–Crippen MR) is 87.6 cm³/mol. The van der Waals surface area contributed by atoms with Crippen LogP contribution in [0.5, 0.6) is 34.5 Å². The summed E-state index contributed by atoms with van der Waals surface area (Å²) in [6, 6.07) is 3.88. The molecule has 0 fully saturated rings. The number of hydrogen-bond donors (Lipinski definition) is 6. The maximum absolute atomic E-state index is 12.5. The van der Waals surface area contributed by atoms with E-state index in [9.17, 15) is 35.4 Å². The van der Waals surface area contributed by atoms with Crippen LogP contribution in [-0.2, 0) is 4.79 Å². The highest BCUT2D eigenvalue weighted by Crippen LogP contribution is 2.42. The largest absolute Gasteiger partial charge is 0.508 e. The highest BCUT2D eigenvalue weighted by atomic mass is 16.5. The van der Waals surface area contributed by atoms with Gasteiger partial charge in [-0.15, -0.1) is 0 Å². The minimum absolute atomic E-state index is 0.262. The number of Topliss-reactive ketones (excluding diaryl/α,β-unsaturated/α-hetero) is 1. The number of carbonyl (C=O) groups excluding carboxylic acids is 1. The second kappa shape index (κ2) is 7.38. The van der Waals surface area contributed by atoms with Gasteiger partial charge in [-0.25, -0.2) is 0 Å². The van der Waals surface area contributed by atoms with Gasteiger partial charge in [0.05, 0.1) is 14.2 Å². The summed E-state index contributed by atoms with van der Waals surface area (Å²) in [5, 5.41) is 59.3. The molecule has 2 rings (SSSR count). The number of aromatic hydroxyl groups is 4. The van der Waals surface area contributed by atoms with Crippen LogP contribution in [0.3, 0.4) is 0 Å². The van der Waals surface area contributed by atoms with Crippen molar-refractivity contribution >= 4 is 5.78 Å². The normalized spacial score (nSPS) is 13.1. The molecule has 0 spiro atoms. The summed E-state index contributed by atoms with van der Waals surface area (Å²) < 4.78 is 9.82. The lowest BCUT2D eigenvalue weighted by atomic mass is 9.95. The van der Waals surface area contributed by atoms with E-state index in [2.05, 4.69) is 0 Å². The highest BCUT2D eigenvalue weighted by molar-refractivity contribution is 5.90. The van der Waals surface area contributed by atoms with Gasteiger partial charge < -0.3 is 40.1 Å². The van der Waals surface area contributed by atoms with Gasteiger partial charge >= 0.3 is 0 Å². The number of aliphatic hydroxyl groups excluding tert-OH is 2. The van der Waals surface area contributed by atoms with Crippen LogP contribution in [0.2, 0.25) is 0 Å². The second-order valence-electron chi connectivity index (χ2n) is 5.38. The zero-order valence-corrected chi connectivity index (χ0v) is 13.9. The Morgan fingerprint density at radius 1 is 0.769 bits per heavy atom. The summed E-state index contributed by atoms with van der Waals surface area (Å²) >= 11 is 0. The second-order valence-corrected chi connectivity index (χ2v) is 5.38. The lowest BCUT2D eigenvalue weighted by Gasteiger charge is -2.20. The molecule has 140 valence electrons. The van der Waals surface area contributed by atoms with Gasteiger partial charge in [-0.2, -0.15) is 0 Å². The summed E-state index contributed by atoms with van der Waals surface area (Å²) in [5.41, 5.74) is -0.560. The van der Waals surface area contributed by atoms with Crippen LogP contribution in [0, 0.1) is 0 Å². The van der Waals surface area contributed by atoms with Crippen LogP contribution in [0.4, 0.5) is 0 Å². The molecule has 2 atom stereocenters. The monoisotopic (exact) mass is 366 g/mol. The van der Waals surface area contributed by atoms with Crippen molar-refractivity contribution in [1.82, 2.24) is 0 Å². The van der Waals surface area contributed by atoms with Crippen molar-refractivity contribution < 1.29 is 44.9 Å². The van der Waals surface area contributed by atoms with E-state index >= 15 is 0 Å². The fourth-order valence-corrected chi connectivity index (χ4v) is 2.55. The van der Waals surface area contributed by atoms with E-state index in [1.165, 1.54) is 14.2 Å². The Balaban J connectivity index is 2.47. The SMILES string of the molecule is COc1c(O)cc(O)cc1C(O)C(=O)C(O)c1cc(O)cc(O)c1OC. The number of methoxy groups -OCH3 is 2. The molecule has 9 heteroatoms. The van der Waals surface area contributed by atoms with Crippen molar-refractivity contribution in [3.63, 3.8) is 0 Å². The Hall–Kier alpha value is -3.17. The summed E-state index contributed by atoms with van der Waals surface area (Å²) in [6.45, 7) is 0. The lowest BCUT2D eigenvalue weighted by Crippen LogP contribution is -2.21. The Labute approximate surface area is 147 Å². The fraction of sp³-hybridized carbons (Fsp3) is 0.235. The van der Waals surface area contributed by atoms with Crippen molar-refractivity contribution in [3.05, 3.63) is 35.4 Å². The van der Waals surface area contributed by atoms with E-state index < -0.39 is 41.0 Å². The molecular weight excluding hydrogens is 348 g/mol. The Kier molecular flexibility index (Phi) is 5.44.